The molecule has 8 heteroatoms. The topological polar surface area (TPSA) is 69.7 Å². The second-order valence-electron chi connectivity index (χ2n) is 9.74. The van der Waals surface area contributed by atoms with E-state index in [1.165, 1.54) is 0 Å². The quantitative estimate of drug-likeness (QED) is 0.290. The third-order valence-electron chi connectivity index (χ3n) is 7.16. The van der Waals surface area contributed by atoms with Gasteiger partial charge in [0.15, 0.2) is 0 Å². The second-order valence-corrected chi connectivity index (χ2v) is 10.6. The normalized spacial score (nSPS) is 14.0. The van der Waals surface area contributed by atoms with Crippen LogP contribution in [0.5, 0.6) is 0 Å². The van der Waals surface area contributed by atoms with Crippen molar-refractivity contribution in [2.75, 3.05) is 11.4 Å². The molecular formula is C30H33Cl2N3O3. The molecule has 0 saturated carbocycles. The molecule has 6 nitrogen and oxygen atoms in total. The van der Waals surface area contributed by atoms with Gasteiger partial charge in [0, 0.05) is 46.5 Å². The lowest BCUT2D eigenvalue weighted by molar-refractivity contribution is -0.141. The van der Waals surface area contributed by atoms with Gasteiger partial charge in [-0.3, -0.25) is 14.4 Å². The number of halogens is 2. The maximum Gasteiger partial charge on any atom is 0.258 e. The van der Waals surface area contributed by atoms with E-state index >= 15 is 0 Å². The SMILES string of the molecule is CC[C@H](C)NC(=O)[C@H](CC)N(Cc1ccc(Cl)cc1Cl)C(=O)CCCN1C(=O)c2cccc3cccc1c23. The molecule has 4 rings (SSSR count). The summed E-state index contributed by atoms with van der Waals surface area (Å²) in [6.45, 7) is 6.43. The van der Waals surface area contributed by atoms with Crippen LogP contribution in [0.2, 0.25) is 10.0 Å². The molecule has 0 aromatic heterocycles. The lowest BCUT2D eigenvalue weighted by Gasteiger charge is -2.32. The lowest BCUT2D eigenvalue weighted by Crippen LogP contribution is -2.50. The largest absolute Gasteiger partial charge is 0.352 e. The van der Waals surface area contributed by atoms with E-state index < -0.39 is 6.04 Å². The first-order valence-corrected chi connectivity index (χ1v) is 13.9. The highest BCUT2D eigenvalue weighted by molar-refractivity contribution is 6.35. The van der Waals surface area contributed by atoms with E-state index in [4.69, 9.17) is 23.2 Å². The summed E-state index contributed by atoms with van der Waals surface area (Å²) >= 11 is 12.5. The van der Waals surface area contributed by atoms with Gasteiger partial charge in [-0.2, -0.15) is 0 Å². The Morgan fingerprint density at radius 2 is 1.76 bits per heavy atom. The Morgan fingerprint density at radius 3 is 2.45 bits per heavy atom. The monoisotopic (exact) mass is 553 g/mol. The van der Waals surface area contributed by atoms with Crippen LogP contribution in [0.3, 0.4) is 0 Å². The molecule has 0 aliphatic carbocycles. The van der Waals surface area contributed by atoms with Gasteiger partial charge in [0.25, 0.3) is 5.91 Å². The Kier molecular flexibility index (Phi) is 8.95. The Hall–Kier alpha value is -3.09. The fourth-order valence-electron chi connectivity index (χ4n) is 4.93. The number of anilines is 1. The van der Waals surface area contributed by atoms with Gasteiger partial charge in [-0.15, -0.1) is 0 Å². The van der Waals surface area contributed by atoms with Gasteiger partial charge in [-0.05, 0) is 61.4 Å². The van der Waals surface area contributed by atoms with E-state index in [2.05, 4.69) is 5.32 Å². The molecule has 3 amide bonds. The van der Waals surface area contributed by atoms with Gasteiger partial charge >= 0.3 is 0 Å². The summed E-state index contributed by atoms with van der Waals surface area (Å²) in [6.07, 6.45) is 1.90. The van der Waals surface area contributed by atoms with Crippen LogP contribution in [-0.2, 0) is 16.1 Å². The number of nitrogens with one attached hydrogen (secondary N) is 1. The number of carbonyl (C=O) groups is 3. The highest BCUT2D eigenvalue weighted by Gasteiger charge is 2.31. The van der Waals surface area contributed by atoms with E-state index in [9.17, 15) is 14.4 Å². The minimum atomic E-state index is -0.644. The smallest absolute Gasteiger partial charge is 0.258 e. The molecule has 1 aliphatic heterocycles. The van der Waals surface area contributed by atoms with Crippen molar-refractivity contribution < 1.29 is 14.4 Å². The minimum absolute atomic E-state index is 0.00172. The third kappa shape index (κ3) is 5.82. The van der Waals surface area contributed by atoms with Crippen molar-refractivity contribution in [1.29, 1.82) is 0 Å². The van der Waals surface area contributed by atoms with Gasteiger partial charge < -0.3 is 15.1 Å². The van der Waals surface area contributed by atoms with Crippen molar-refractivity contribution >= 4 is 57.4 Å². The zero-order valence-corrected chi connectivity index (χ0v) is 23.5. The average molecular weight is 555 g/mol. The summed E-state index contributed by atoms with van der Waals surface area (Å²) in [4.78, 5) is 43.3. The third-order valence-corrected chi connectivity index (χ3v) is 7.75. The van der Waals surface area contributed by atoms with Gasteiger partial charge in [0.05, 0.1) is 5.69 Å². The lowest BCUT2D eigenvalue weighted by atomic mass is 10.1. The van der Waals surface area contributed by atoms with Gasteiger partial charge in [-0.1, -0.05) is 67.4 Å². The number of benzene rings is 3. The van der Waals surface area contributed by atoms with Crippen LogP contribution < -0.4 is 10.2 Å². The summed E-state index contributed by atoms with van der Waals surface area (Å²) in [7, 11) is 0. The number of hydrogen-bond acceptors (Lipinski definition) is 3. The standard InChI is InChI=1S/C30H33Cl2N3O3/c1-4-19(3)33-29(37)25(5-2)35(18-21-14-15-22(31)17-24(21)32)27(36)13-8-16-34-26-12-7-10-20-9-6-11-23(28(20)26)30(34)38/h6-7,9-12,14-15,17,19,25H,4-5,8,13,16,18H2,1-3H3,(H,33,37)/t19-,25-/m0/s1. The molecule has 0 unspecified atom stereocenters. The molecule has 200 valence electrons. The van der Waals surface area contributed by atoms with Crippen LogP contribution in [0.15, 0.2) is 54.6 Å². The summed E-state index contributed by atoms with van der Waals surface area (Å²) < 4.78 is 0. The van der Waals surface area contributed by atoms with Gasteiger partial charge in [0.2, 0.25) is 11.8 Å². The molecule has 0 saturated heterocycles. The van der Waals surface area contributed by atoms with Crippen molar-refractivity contribution in [3.05, 3.63) is 75.8 Å². The molecule has 1 aliphatic rings. The molecule has 3 aromatic carbocycles. The van der Waals surface area contributed by atoms with Crippen LogP contribution >= 0.6 is 23.2 Å². The van der Waals surface area contributed by atoms with E-state index in [0.29, 0.717) is 35.0 Å². The molecule has 38 heavy (non-hydrogen) atoms. The number of carbonyl (C=O) groups excluding carboxylic acids is 3. The Bertz CT molecular complexity index is 1350. The fourth-order valence-corrected chi connectivity index (χ4v) is 5.40. The van der Waals surface area contributed by atoms with E-state index in [1.807, 2.05) is 57.2 Å². The minimum Gasteiger partial charge on any atom is -0.352 e. The predicted molar refractivity (Wildman–Crippen MR) is 154 cm³/mol. The molecule has 3 aromatic rings. The summed E-state index contributed by atoms with van der Waals surface area (Å²) in [6, 6.07) is 16.1. The van der Waals surface area contributed by atoms with Crippen LogP contribution in [0.4, 0.5) is 5.69 Å². The number of rotatable bonds is 11. The number of hydrogen-bond donors (Lipinski definition) is 1. The maximum absolute atomic E-state index is 13.6. The zero-order valence-electron chi connectivity index (χ0n) is 22.0. The summed E-state index contributed by atoms with van der Waals surface area (Å²) in [5.41, 5.74) is 2.28. The Morgan fingerprint density at radius 1 is 1.03 bits per heavy atom. The van der Waals surface area contributed by atoms with Crippen LogP contribution in [0.1, 0.15) is 62.4 Å². The first-order valence-electron chi connectivity index (χ1n) is 13.1. The Labute approximate surface area is 233 Å². The van der Waals surface area contributed by atoms with E-state index in [0.717, 1.165) is 28.4 Å². The van der Waals surface area contributed by atoms with Crippen molar-refractivity contribution in [2.45, 2.75) is 65.1 Å². The van der Waals surface area contributed by atoms with Crippen molar-refractivity contribution in [3.63, 3.8) is 0 Å². The molecule has 0 fully saturated rings. The fraction of sp³-hybridized carbons (Fsp3) is 0.367. The van der Waals surface area contributed by atoms with Crippen molar-refractivity contribution in [3.8, 4) is 0 Å². The molecule has 0 radical (unpaired) electrons. The predicted octanol–water partition coefficient (Wildman–Crippen LogP) is 6.61. The van der Waals surface area contributed by atoms with Crippen LogP contribution in [-0.4, -0.2) is 41.2 Å². The van der Waals surface area contributed by atoms with E-state index in [1.54, 1.807) is 28.0 Å². The molecule has 2 atom stereocenters. The first kappa shape index (κ1) is 27.9. The van der Waals surface area contributed by atoms with Crippen LogP contribution in [0.25, 0.3) is 10.8 Å². The average Bonchev–Trinajstić information content (AvgIpc) is 3.17. The first-order chi connectivity index (χ1) is 18.2. The Balaban J connectivity index is 1.51. The van der Waals surface area contributed by atoms with Gasteiger partial charge in [-0.25, -0.2) is 0 Å². The number of amides is 3. The highest BCUT2D eigenvalue weighted by Crippen LogP contribution is 2.37. The molecule has 1 heterocycles. The van der Waals surface area contributed by atoms with Crippen molar-refractivity contribution in [2.24, 2.45) is 0 Å². The van der Waals surface area contributed by atoms with E-state index in [-0.39, 0.29) is 36.7 Å². The molecule has 1 N–H and O–H groups in total. The summed E-state index contributed by atoms with van der Waals surface area (Å²) in [5.74, 6) is -0.393. The van der Waals surface area contributed by atoms with Crippen molar-refractivity contribution in [1.82, 2.24) is 10.2 Å². The summed E-state index contributed by atoms with van der Waals surface area (Å²) in [5, 5.41) is 5.94. The second kappa shape index (κ2) is 12.2. The van der Waals surface area contributed by atoms with Gasteiger partial charge in [0.1, 0.15) is 6.04 Å². The molecule has 0 spiro atoms. The zero-order chi connectivity index (χ0) is 27.4. The highest BCUT2D eigenvalue weighted by atomic mass is 35.5. The molecule has 0 bridgehead atoms. The maximum atomic E-state index is 13.6. The number of nitrogens with zero attached hydrogens (tertiary/aromatic N) is 2. The molecular weight excluding hydrogens is 521 g/mol. The van der Waals surface area contributed by atoms with Crippen LogP contribution in [0, 0.1) is 0 Å².